The van der Waals surface area contributed by atoms with Crippen LogP contribution in [0.1, 0.15) is 6.42 Å². The first-order valence-corrected chi connectivity index (χ1v) is 4.24. The summed E-state index contributed by atoms with van der Waals surface area (Å²) in [6.45, 7) is 0. The molecule has 1 saturated heterocycles. The van der Waals surface area contributed by atoms with Crippen LogP contribution < -0.4 is 0 Å². The highest BCUT2D eigenvalue weighted by Crippen LogP contribution is 2.30. The molecule has 1 heterocycles. The van der Waals surface area contributed by atoms with E-state index < -0.39 is 0 Å². The van der Waals surface area contributed by atoms with Gasteiger partial charge in [-0.2, -0.15) is 0 Å². The second-order valence-electron chi connectivity index (χ2n) is 1.50. The van der Waals surface area contributed by atoms with E-state index in [-0.39, 0.29) is 0 Å². The maximum absolute atomic E-state index is 5.04. The van der Waals surface area contributed by atoms with Crippen molar-refractivity contribution in [3.63, 3.8) is 0 Å². The lowest BCUT2D eigenvalue weighted by Gasteiger charge is -1.79. The Labute approximate surface area is 59.7 Å². The SMILES string of the molecule is BrCCC1OC1Br. The third-order valence-corrected chi connectivity index (χ3v) is 2.18. The molecular weight excluding hydrogens is 224 g/mol. The lowest BCUT2D eigenvalue weighted by molar-refractivity contribution is 0.398. The summed E-state index contributed by atoms with van der Waals surface area (Å²) >= 11 is 6.62. The van der Waals surface area contributed by atoms with Crippen LogP contribution >= 0.6 is 31.9 Å². The van der Waals surface area contributed by atoms with Crippen molar-refractivity contribution >= 4 is 31.9 Å². The van der Waals surface area contributed by atoms with Crippen molar-refractivity contribution in [1.82, 2.24) is 0 Å². The van der Waals surface area contributed by atoms with Crippen molar-refractivity contribution in [1.29, 1.82) is 0 Å². The van der Waals surface area contributed by atoms with Crippen LogP contribution in [0.3, 0.4) is 0 Å². The van der Waals surface area contributed by atoms with E-state index in [9.17, 15) is 0 Å². The van der Waals surface area contributed by atoms with Crippen molar-refractivity contribution in [3.05, 3.63) is 0 Å². The fourth-order valence-electron chi connectivity index (χ4n) is 0.428. The summed E-state index contributed by atoms with van der Waals surface area (Å²) < 4.78 is 5.04. The number of rotatable bonds is 2. The smallest absolute Gasteiger partial charge is 0.139 e. The Hall–Kier alpha value is 0.920. The minimum absolute atomic E-state index is 0.352. The zero-order valence-electron chi connectivity index (χ0n) is 3.73. The first kappa shape index (κ1) is 6.05. The number of halogens is 2. The van der Waals surface area contributed by atoms with Gasteiger partial charge in [-0.05, 0) is 6.42 Å². The molecule has 0 aromatic heterocycles. The second kappa shape index (κ2) is 2.46. The number of hydrogen-bond acceptors (Lipinski definition) is 1. The Morgan fingerprint density at radius 3 is 2.29 bits per heavy atom. The molecule has 0 aromatic carbocycles. The molecule has 0 aromatic rings. The van der Waals surface area contributed by atoms with Crippen LogP contribution in [-0.4, -0.2) is 16.4 Å². The van der Waals surface area contributed by atoms with Crippen molar-refractivity contribution in [2.75, 3.05) is 5.33 Å². The van der Waals surface area contributed by atoms with Gasteiger partial charge in [-0.25, -0.2) is 0 Å². The molecule has 0 N–H and O–H groups in total. The van der Waals surface area contributed by atoms with Crippen LogP contribution in [0.2, 0.25) is 0 Å². The Kier molecular flexibility index (Phi) is 2.13. The van der Waals surface area contributed by atoms with Crippen molar-refractivity contribution in [3.8, 4) is 0 Å². The van der Waals surface area contributed by atoms with Crippen LogP contribution in [-0.2, 0) is 4.74 Å². The fourth-order valence-corrected chi connectivity index (χ4v) is 1.42. The highest BCUT2D eigenvalue weighted by Gasteiger charge is 2.34. The van der Waals surface area contributed by atoms with E-state index in [1.807, 2.05) is 0 Å². The van der Waals surface area contributed by atoms with Crippen LogP contribution in [0, 0.1) is 0 Å². The van der Waals surface area contributed by atoms with Crippen LogP contribution in [0.5, 0.6) is 0 Å². The van der Waals surface area contributed by atoms with Crippen molar-refractivity contribution in [2.45, 2.75) is 17.5 Å². The molecule has 7 heavy (non-hydrogen) atoms. The Morgan fingerprint density at radius 2 is 2.14 bits per heavy atom. The Bertz CT molecular complexity index is 66.7. The van der Waals surface area contributed by atoms with E-state index in [1.165, 1.54) is 0 Å². The van der Waals surface area contributed by atoms with Gasteiger partial charge in [0.25, 0.3) is 0 Å². The molecule has 2 unspecified atom stereocenters. The molecule has 0 amide bonds. The molecule has 0 aliphatic carbocycles. The zero-order valence-corrected chi connectivity index (χ0v) is 6.91. The van der Waals surface area contributed by atoms with Gasteiger partial charge in [-0.15, -0.1) is 0 Å². The lowest BCUT2D eigenvalue weighted by atomic mass is 10.4. The molecule has 0 saturated carbocycles. The van der Waals surface area contributed by atoms with Gasteiger partial charge in [0.05, 0.1) is 6.10 Å². The van der Waals surface area contributed by atoms with Crippen molar-refractivity contribution in [2.24, 2.45) is 0 Å². The number of hydrogen-bond donors (Lipinski definition) is 0. The monoisotopic (exact) mass is 228 g/mol. The Morgan fingerprint density at radius 1 is 1.57 bits per heavy atom. The number of epoxide rings is 1. The summed E-state index contributed by atoms with van der Waals surface area (Å²) in [5.74, 6) is 0. The molecule has 1 rings (SSSR count). The Balaban J connectivity index is 1.98. The molecule has 1 fully saturated rings. The van der Waals surface area contributed by atoms with Gasteiger partial charge in [0, 0.05) is 5.33 Å². The van der Waals surface area contributed by atoms with E-state index in [1.54, 1.807) is 0 Å². The summed E-state index contributed by atoms with van der Waals surface area (Å²) in [5.41, 5.74) is 0. The van der Waals surface area contributed by atoms with Gasteiger partial charge in [0.1, 0.15) is 5.01 Å². The number of ether oxygens (including phenoxy) is 1. The van der Waals surface area contributed by atoms with E-state index in [0.717, 1.165) is 11.8 Å². The molecular formula is C4H6Br2O. The predicted octanol–water partition coefficient (Wildman–Crippen LogP) is 1.89. The molecule has 42 valence electrons. The third-order valence-electron chi connectivity index (χ3n) is 0.914. The average molecular weight is 230 g/mol. The first-order valence-electron chi connectivity index (χ1n) is 2.20. The first-order chi connectivity index (χ1) is 3.34. The zero-order chi connectivity index (χ0) is 5.28. The van der Waals surface area contributed by atoms with E-state index >= 15 is 0 Å². The van der Waals surface area contributed by atoms with Crippen molar-refractivity contribution < 1.29 is 4.74 Å². The minimum Gasteiger partial charge on any atom is -0.357 e. The highest BCUT2D eigenvalue weighted by atomic mass is 79.9. The molecule has 0 bridgehead atoms. The van der Waals surface area contributed by atoms with Gasteiger partial charge in [0.15, 0.2) is 0 Å². The summed E-state index contributed by atoms with van der Waals surface area (Å²) in [5, 5.41) is 1.39. The number of alkyl halides is 2. The van der Waals surface area contributed by atoms with Crippen LogP contribution in [0.15, 0.2) is 0 Å². The maximum atomic E-state index is 5.04. The minimum atomic E-state index is 0.352. The standard InChI is InChI=1S/C4H6Br2O/c5-2-1-3-4(6)7-3/h3-4H,1-2H2. The maximum Gasteiger partial charge on any atom is 0.139 e. The molecule has 1 aliphatic heterocycles. The molecule has 1 nitrogen and oxygen atoms in total. The van der Waals surface area contributed by atoms with Gasteiger partial charge >= 0.3 is 0 Å². The molecule has 1 aliphatic rings. The normalized spacial score (nSPS) is 38.6. The largest absolute Gasteiger partial charge is 0.357 e. The quantitative estimate of drug-likeness (QED) is 0.521. The van der Waals surface area contributed by atoms with E-state index in [0.29, 0.717) is 11.1 Å². The van der Waals surface area contributed by atoms with Gasteiger partial charge in [-0.3, -0.25) is 0 Å². The molecule has 3 heteroatoms. The van der Waals surface area contributed by atoms with E-state index in [4.69, 9.17) is 4.74 Å². The van der Waals surface area contributed by atoms with E-state index in [2.05, 4.69) is 31.9 Å². The summed E-state index contributed by atoms with van der Waals surface area (Å²) in [6.07, 6.45) is 1.61. The molecule has 0 spiro atoms. The molecule has 0 radical (unpaired) electrons. The highest BCUT2D eigenvalue weighted by molar-refractivity contribution is 9.09. The fraction of sp³-hybridized carbons (Fsp3) is 1.00. The summed E-state index contributed by atoms with van der Waals surface area (Å²) in [7, 11) is 0. The van der Waals surface area contributed by atoms with Crippen LogP contribution in [0.4, 0.5) is 0 Å². The summed E-state index contributed by atoms with van der Waals surface area (Å²) in [6, 6.07) is 0. The average Bonchev–Trinajstić information content (AvgIpc) is 2.22. The lowest BCUT2D eigenvalue weighted by Crippen LogP contribution is -1.85. The second-order valence-corrected chi connectivity index (χ2v) is 3.20. The van der Waals surface area contributed by atoms with Gasteiger partial charge in [0.2, 0.25) is 0 Å². The van der Waals surface area contributed by atoms with Gasteiger partial charge in [-0.1, -0.05) is 31.9 Å². The molecule has 2 atom stereocenters. The van der Waals surface area contributed by atoms with Gasteiger partial charge < -0.3 is 4.74 Å². The van der Waals surface area contributed by atoms with Crippen LogP contribution in [0.25, 0.3) is 0 Å². The summed E-state index contributed by atoms with van der Waals surface area (Å²) in [4.78, 5) is 0. The topological polar surface area (TPSA) is 12.5 Å². The third kappa shape index (κ3) is 1.70. The predicted molar refractivity (Wildman–Crippen MR) is 36.0 cm³/mol.